The van der Waals surface area contributed by atoms with Crippen LogP contribution < -0.4 is 4.90 Å². The number of nitrogens with zero attached hydrogens (tertiary/aromatic N) is 2. The molecule has 0 bridgehead atoms. The summed E-state index contributed by atoms with van der Waals surface area (Å²) in [5.74, 6) is 0. The molecule has 0 unspecified atom stereocenters. The molecule has 2 heteroatoms. The van der Waals surface area contributed by atoms with Crippen LogP contribution in [0.15, 0.2) is 60.8 Å². The molecule has 0 saturated carbocycles. The molecular weight excluding hydrogens is 232 g/mol. The summed E-state index contributed by atoms with van der Waals surface area (Å²) in [6, 6.07) is 10.3. The zero-order valence-corrected chi connectivity index (χ0v) is 11.7. The lowest BCUT2D eigenvalue weighted by atomic mass is 10.2. The zero-order valence-electron chi connectivity index (χ0n) is 11.7. The van der Waals surface area contributed by atoms with E-state index in [4.69, 9.17) is 0 Å². The first kappa shape index (κ1) is 13.3. The highest BCUT2D eigenvalue weighted by Crippen LogP contribution is 2.21. The van der Waals surface area contributed by atoms with Gasteiger partial charge in [-0.1, -0.05) is 42.5 Å². The third kappa shape index (κ3) is 3.44. The summed E-state index contributed by atoms with van der Waals surface area (Å²) >= 11 is 0. The third-order valence-electron chi connectivity index (χ3n) is 2.86. The first-order chi connectivity index (χ1) is 9.06. The van der Waals surface area contributed by atoms with Crippen molar-refractivity contribution in [2.75, 3.05) is 18.0 Å². The maximum atomic E-state index is 4.52. The van der Waals surface area contributed by atoms with Crippen molar-refractivity contribution in [1.82, 2.24) is 4.98 Å². The maximum absolute atomic E-state index is 4.52. The van der Waals surface area contributed by atoms with Crippen molar-refractivity contribution >= 4 is 16.6 Å². The monoisotopic (exact) mass is 252 g/mol. The van der Waals surface area contributed by atoms with Gasteiger partial charge >= 0.3 is 0 Å². The molecule has 0 aliphatic rings. The summed E-state index contributed by atoms with van der Waals surface area (Å²) in [7, 11) is 0. The molecule has 1 aromatic carbocycles. The summed E-state index contributed by atoms with van der Waals surface area (Å²) in [5.41, 5.74) is 4.41. The minimum atomic E-state index is 0.826. The van der Waals surface area contributed by atoms with Gasteiger partial charge in [0.15, 0.2) is 0 Å². The Balaban J connectivity index is 2.37. The fourth-order valence-corrected chi connectivity index (χ4v) is 2.12. The highest BCUT2D eigenvalue weighted by atomic mass is 15.1. The van der Waals surface area contributed by atoms with Crippen LogP contribution in [0.1, 0.15) is 13.8 Å². The molecule has 19 heavy (non-hydrogen) atoms. The minimum absolute atomic E-state index is 0.826. The lowest BCUT2D eigenvalue weighted by Gasteiger charge is -2.25. The normalized spacial score (nSPS) is 10.4. The van der Waals surface area contributed by atoms with Crippen molar-refractivity contribution in [2.24, 2.45) is 0 Å². The van der Waals surface area contributed by atoms with Gasteiger partial charge < -0.3 is 4.90 Å². The summed E-state index contributed by atoms with van der Waals surface area (Å²) in [5, 5.41) is 1.16. The van der Waals surface area contributed by atoms with Gasteiger partial charge in [-0.3, -0.25) is 4.98 Å². The van der Waals surface area contributed by atoms with Gasteiger partial charge in [-0.25, -0.2) is 0 Å². The van der Waals surface area contributed by atoms with Gasteiger partial charge in [0.25, 0.3) is 0 Å². The lowest BCUT2D eigenvalue weighted by molar-refractivity contribution is 0.893. The first-order valence-electron chi connectivity index (χ1n) is 6.45. The molecule has 2 aromatic rings. The summed E-state index contributed by atoms with van der Waals surface area (Å²) < 4.78 is 0. The molecule has 0 aliphatic carbocycles. The van der Waals surface area contributed by atoms with E-state index in [1.807, 2.05) is 38.2 Å². The molecule has 2 rings (SSSR count). The van der Waals surface area contributed by atoms with Crippen LogP contribution in [-0.4, -0.2) is 18.1 Å². The van der Waals surface area contributed by atoms with Crippen molar-refractivity contribution in [3.63, 3.8) is 0 Å². The summed E-state index contributed by atoms with van der Waals surface area (Å²) in [4.78, 5) is 6.77. The maximum Gasteiger partial charge on any atom is 0.0703 e. The topological polar surface area (TPSA) is 16.1 Å². The fourth-order valence-electron chi connectivity index (χ4n) is 2.12. The van der Waals surface area contributed by atoms with Crippen molar-refractivity contribution in [1.29, 1.82) is 0 Å². The number of anilines is 1. The van der Waals surface area contributed by atoms with Gasteiger partial charge in [-0.05, 0) is 26.0 Å². The van der Waals surface area contributed by atoms with E-state index < -0.39 is 0 Å². The molecule has 0 aliphatic heterocycles. The number of fused-ring (bicyclic) bond motifs is 1. The first-order valence-corrected chi connectivity index (χ1v) is 6.45. The van der Waals surface area contributed by atoms with Gasteiger partial charge in [-0.2, -0.15) is 0 Å². The Kier molecular flexibility index (Phi) is 4.00. The van der Waals surface area contributed by atoms with Crippen molar-refractivity contribution in [3.05, 3.63) is 60.8 Å². The largest absolute Gasteiger partial charge is 0.362 e. The van der Waals surface area contributed by atoms with Gasteiger partial charge in [-0.15, -0.1) is 0 Å². The molecule has 0 fully saturated rings. The van der Waals surface area contributed by atoms with Crippen LogP contribution in [0, 0.1) is 0 Å². The Hall–Kier alpha value is -2.09. The molecule has 0 amide bonds. The van der Waals surface area contributed by atoms with Crippen LogP contribution in [0.5, 0.6) is 0 Å². The lowest BCUT2D eigenvalue weighted by Crippen LogP contribution is -2.26. The summed E-state index contributed by atoms with van der Waals surface area (Å²) in [6.45, 7) is 13.7. The van der Waals surface area contributed by atoms with Crippen LogP contribution in [0.2, 0.25) is 0 Å². The van der Waals surface area contributed by atoms with E-state index >= 15 is 0 Å². The Bertz CT molecular complexity index is 597. The molecule has 1 aromatic heterocycles. The number of hydrogen-bond donors (Lipinski definition) is 0. The Labute approximate surface area is 115 Å². The predicted octanol–water partition coefficient (Wildman–Crippen LogP) is 4.19. The molecule has 0 spiro atoms. The highest BCUT2D eigenvalue weighted by molar-refractivity contribution is 5.81. The number of benzene rings is 1. The predicted molar refractivity (Wildman–Crippen MR) is 83.6 cm³/mol. The fraction of sp³-hybridized carbons (Fsp3) is 0.235. The van der Waals surface area contributed by atoms with Crippen LogP contribution in [-0.2, 0) is 0 Å². The molecular formula is C17H20N2. The van der Waals surface area contributed by atoms with Crippen molar-refractivity contribution < 1.29 is 0 Å². The summed E-state index contributed by atoms with van der Waals surface area (Å²) in [6.07, 6.45) is 1.92. The average molecular weight is 252 g/mol. The molecule has 98 valence electrons. The van der Waals surface area contributed by atoms with E-state index in [-0.39, 0.29) is 0 Å². The van der Waals surface area contributed by atoms with Gasteiger partial charge in [0, 0.05) is 18.5 Å². The highest BCUT2D eigenvalue weighted by Gasteiger charge is 2.08. The van der Waals surface area contributed by atoms with Gasteiger partial charge in [0.1, 0.15) is 0 Å². The molecule has 0 atom stereocenters. The zero-order chi connectivity index (χ0) is 13.8. The standard InChI is InChI=1S/C17H20N2/c1-13(2)11-19(12-14(3)4)16-9-15-7-5-6-8-17(15)18-10-16/h5-10H,1,3,11-12H2,2,4H3. The quantitative estimate of drug-likeness (QED) is 0.742. The number of para-hydroxylation sites is 1. The molecule has 0 N–H and O–H groups in total. The smallest absolute Gasteiger partial charge is 0.0703 e. The van der Waals surface area contributed by atoms with Gasteiger partial charge in [0.05, 0.1) is 17.4 Å². The number of rotatable bonds is 5. The Morgan fingerprint density at radius 1 is 1.11 bits per heavy atom. The van der Waals surface area contributed by atoms with Gasteiger partial charge in [0.2, 0.25) is 0 Å². The average Bonchev–Trinajstić information content (AvgIpc) is 2.36. The second-order valence-electron chi connectivity index (χ2n) is 5.16. The molecule has 0 saturated heterocycles. The van der Waals surface area contributed by atoms with E-state index in [1.54, 1.807) is 0 Å². The van der Waals surface area contributed by atoms with Crippen molar-refractivity contribution in [2.45, 2.75) is 13.8 Å². The van der Waals surface area contributed by atoms with E-state index in [1.165, 1.54) is 0 Å². The Morgan fingerprint density at radius 3 is 2.37 bits per heavy atom. The van der Waals surface area contributed by atoms with Crippen molar-refractivity contribution in [3.8, 4) is 0 Å². The SMILES string of the molecule is C=C(C)CN(CC(=C)C)c1cnc2ccccc2c1. The molecule has 2 nitrogen and oxygen atoms in total. The number of hydrogen-bond acceptors (Lipinski definition) is 2. The molecule has 0 radical (unpaired) electrons. The van der Waals surface area contributed by atoms with E-state index in [2.05, 4.69) is 35.2 Å². The van der Waals surface area contributed by atoms with Crippen LogP contribution in [0.25, 0.3) is 10.9 Å². The minimum Gasteiger partial charge on any atom is -0.362 e. The molecule has 1 heterocycles. The van der Waals surface area contributed by atoms with E-state index in [9.17, 15) is 0 Å². The second-order valence-corrected chi connectivity index (χ2v) is 5.16. The van der Waals surface area contributed by atoms with E-state index in [0.717, 1.165) is 40.8 Å². The van der Waals surface area contributed by atoms with Crippen LogP contribution >= 0.6 is 0 Å². The third-order valence-corrected chi connectivity index (χ3v) is 2.86. The second kappa shape index (κ2) is 5.70. The Morgan fingerprint density at radius 2 is 1.74 bits per heavy atom. The van der Waals surface area contributed by atoms with Crippen LogP contribution in [0.4, 0.5) is 5.69 Å². The van der Waals surface area contributed by atoms with E-state index in [0.29, 0.717) is 0 Å². The number of aromatic nitrogens is 1. The van der Waals surface area contributed by atoms with Crippen LogP contribution in [0.3, 0.4) is 0 Å². The number of pyridine rings is 1.